The van der Waals surface area contributed by atoms with Crippen LogP contribution in [0.2, 0.25) is 0 Å². The zero-order valence-electron chi connectivity index (χ0n) is 7.36. The van der Waals surface area contributed by atoms with Crippen molar-refractivity contribution in [3.05, 3.63) is 24.5 Å². The Morgan fingerprint density at radius 3 is 2.83 bits per heavy atom. The maximum absolute atomic E-state index is 9.53. The lowest BCUT2D eigenvalue weighted by atomic mass is 10.1. The van der Waals surface area contributed by atoms with Gasteiger partial charge in [0, 0.05) is 0 Å². The summed E-state index contributed by atoms with van der Waals surface area (Å²) in [4.78, 5) is 0. The zero-order chi connectivity index (χ0) is 9.19. The van der Waals surface area contributed by atoms with Gasteiger partial charge in [0.05, 0.1) is 12.7 Å². The molecular weight excluding hydrogens is 154 g/mol. The maximum Gasteiger partial charge on any atom is 0.114 e. The van der Waals surface area contributed by atoms with Crippen LogP contribution in [-0.2, 0) is 12.1 Å². The van der Waals surface area contributed by atoms with E-state index in [9.17, 15) is 5.11 Å². The lowest BCUT2D eigenvalue weighted by Crippen LogP contribution is -2.15. The van der Waals surface area contributed by atoms with Crippen molar-refractivity contribution in [1.82, 2.24) is 15.0 Å². The van der Waals surface area contributed by atoms with Gasteiger partial charge in [0.25, 0.3) is 0 Å². The lowest BCUT2D eigenvalue weighted by Gasteiger charge is -2.11. The summed E-state index contributed by atoms with van der Waals surface area (Å²) in [6, 6.07) is 0. The molecule has 0 saturated heterocycles. The fourth-order valence-electron chi connectivity index (χ4n) is 0.800. The normalized spacial score (nSPS) is 11.6. The van der Waals surface area contributed by atoms with Gasteiger partial charge in [-0.2, -0.15) is 0 Å². The van der Waals surface area contributed by atoms with Crippen molar-refractivity contribution in [2.24, 2.45) is 0 Å². The molecule has 1 heterocycles. The van der Waals surface area contributed by atoms with Crippen LogP contribution in [0.5, 0.6) is 0 Å². The first-order valence-corrected chi connectivity index (χ1v) is 3.78. The van der Waals surface area contributed by atoms with Crippen molar-refractivity contribution in [1.29, 1.82) is 0 Å². The minimum atomic E-state index is -0.917. The molecule has 1 rings (SSSR count). The van der Waals surface area contributed by atoms with Crippen LogP contribution in [0, 0.1) is 0 Å². The van der Waals surface area contributed by atoms with E-state index in [2.05, 4.69) is 16.9 Å². The Morgan fingerprint density at radius 2 is 2.42 bits per heavy atom. The topological polar surface area (TPSA) is 50.9 Å². The minimum Gasteiger partial charge on any atom is -0.384 e. The highest BCUT2D eigenvalue weighted by Gasteiger charge is 2.19. The predicted octanol–water partition coefficient (Wildman–Crippen LogP) is 0.692. The van der Waals surface area contributed by atoms with Gasteiger partial charge in [0.2, 0.25) is 0 Å². The average Bonchev–Trinajstić information content (AvgIpc) is 2.35. The lowest BCUT2D eigenvalue weighted by molar-refractivity contribution is 0.0737. The second-order valence-electron chi connectivity index (χ2n) is 3.17. The van der Waals surface area contributed by atoms with E-state index in [0.717, 1.165) is 0 Å². The number of allylic oxidation sites excluding steroid dienone is 1. The standard InChI is InChI=1S/C8H13N3O/c1-4-5-11-6-7(9-10-11)8(2,3)12/h4,6,12H,1,5H2,2-3H3. The Balaban J connectivity index is 2.84. The van der Waals surface area contributed by atoms with Crippen LogP contribution in [0.4, 0.5) is 0 Å². The first-order chi connectivity index (χ1) is 5.54. The largest absolute Gasteiger partial charge is 0.384 e. The molecule has 1 aromatic heterocycles. The SMILES string of the molecule is C=CCn1cc(C(C)(C)O)nn1. The molecular formula is C8H13N3O. The van der Waals surface area contributed by atoms with Gasteiger partial charge in [0.15, 0.2) is 0 Å². The van der Waals surface area contributed by atoms with Gasteiger partial charge in [-0.05, 0) is 13.8 Å². The molecule has 1 aromatic rings. The number of hydrogen-bond acceptors (Lipinski definition) is 3. The van der Waals surface area contributed by atoms with E-state index in [4.69, 9.17) is 0 Å². The Hall–Kier alpha value is -1.16. The molecule has 0 amide bonds. The second-order valence-corrected chi connectivity index (χ2v) is 3.17. The monoisotopic (exact) mass is 167 g/mol. The summed E-state index contributed by atoms with van der Waals surface area (Å²) >= 11 is 0. The Bertz CT molecular complexity index is 272. The Kier molecular flexibility index (Phi) is 2.28. The van der Waals surface area contributed by atoms with Gasteiger partial charge in [-0.3, -0.25) is 0 Å². The number of rotatable bonds is 3. The average molecular weight is 167 g/mol. The number of hydrogen-bond donors (Lipinski definition) is 1. The van der Waals surface area contributed by atoms with Crippen LogP contribution in [0.25, 0.3) is 0 Å². The molecule has 66 valence electrons. The smallest absolute Gasteiger partial charge is 0.114 e. The molecule has 0 aliphatic rings. The highest BCUT2D eigenvalue weighted by atomic mass is 16.3. The first kappa shape index (κ1) is 8.93. The summed E-state index contributed by atoms with van der Waals surface area (Å²) in [5.41, 5.74) is -0.344. The molecule has 0 spiro atoms. The van der Waals surface area contributed by atoms with Gasteiger partial charge < -0.3 is 5.11 Å². The van der Waals surface area contributed by atoms with E-state index < -0.39 is 5.60 Å². The molecule has 0 fully saturated rings. The van der Waals surface area contributed by atoms with Gasteiger partial charge in [-0.25, -0.2) is 4.68 Å². The maximum atomic E-state index is 9.53. The van der Waals surface area contributed by atoms with Crippen molar-refractivity contribution in [2.45, 2.75) is 26.0 Å². The molecule has 4 heteroatoms. The van der Waals surface area contributed by atoms with Crippen molar-refractivity contribution in [3.63, 3.8) is 0 Å². The quantitative estimate of drug-likeness (QED) is 0.674. The number of aromatic nitrogens is 3. The van der Waals surface area contributed by atoms with Crippen molar-refractivity contribution in [3.8, 4) is 0 Å². The summed E-state index contributed by atoms with van der Waals surface area (Å²) in [6.07, 6.45) is 3.44. The molecule has 4 nitrogen and oxygen atoms in total. The van der Waals surface area contributed by atoms with Crippen molar-refractivity contribution in [2.75, 3.05) is 0 Å². The van der Waals surface area contributed by atoms with Crippen molar-refractivity contribution < 1.29 is 5.11 Å². The van der Waals surface area contributed by atoms with Crippen LogP contribution in [0.1, 0.15) is 19.5 Å². The van der Waals surface area contributed by atoms with Crippen LogP contribution in [0.15, 0.2) is 18.9 Å². The summed E-state index contributed by atoms with van der Waals surface area (Å²) in [5, 5.41) is 17.2. The minimum absolute atomic E-state index is 0.573. The third-order valence-electron chi connectivity index (χ3n) is 1.48. The molecule has 0 radical (unpaired) electrons. The zero-order valence-corrected chi connectivity index (χ0v) is 7.36. The molecule has 1 N–H and O–H groups in total. The highest BCUT2D eigenvalue weighted by molar-refractivity contribution is 5.02. The molecule has 0 saturated carbocycles. The summed E-state index contributed by atoms with van der Waals surface area (Å²) in [7, 11) is 0. The summed E-state index contributed by atoms with van der Waals surface area (Å²) in [6.45, 7) is 7.54. The first-order valence-electron chi connectivity index (χ1n) is 3.78. The number of nitrogens with zero attached hydrogens (tertiary/aromatic N) is 3. The second kappa shape index (κ2) is 3.06. The molecule has 12 heavy (non-hydrogen) atoms. The van der Waals surface area contributed by atoms with E-state index in [1.165, 1.54) is 0 Å². The third-order valence-corrected chi connectivity index (χ3v) is 1.48. The molecule has 0 aliphatic heterocycles. The Labute approximate surface area is 71.5 Å². The molecule has 0 unspecified atom stereocenters. The number of aliphatic hydroxyl groups is 1. The molecule has 0 aliphatic carbocycles. The van der Waals surface area contributed by atoms with Gasteiger partial charge in [-0.1, -0.05) is 11.3 Å². The van der Waals surface area contributed by atoms with E-state index in [1.807, 2.05) is 0 Å². The fourth-order valence-corrected chi connectivity index (χ4v) is 0.800. The Morgan fingerprint density at radius 1 is 1.75 bits per heavy atom. The van der Waals surface area contributed by atoms with Gasteiger partial charge in [0.1, 0.15) is 11.3 Å². The van der Waals surface area contributed by atoms with Crippen LogP contribution >= 0.6 is 0 Å². The van der Waals surface area contributed by atoms with E-state index in [0.29, 0.717) is 12.2 Å². The third kappa shape index (κ3) is 1.92. The van der Waals surface area contributed by atoms with E-state index in [1.54, 1.807) is 30.8 Å². The van der Waals surface area contributed by atoms with Crippen LogP contribution in [0.3, 0.4) is 0 Å². The fraction of sp³-hybridized carbons (Fsp3) is 0.500. The summed E-state index contributed by atoms with van der Waals surface area (Å²) in [5.74, 6) is 0. The van der Waals surface area contributed by atoms with Gasteiger partial charge in [-0.15, -0.1) is 11.7 Å². The highest BCUT2D eigenvalue weighted by Crippen LogP contribution is 2.15. The van der Waals surface area contributed by atoms with E-state index in [-0.39, 0.29) is 0 Å². The van der Waals surface area contributed by atoms with Gasteiger partial charge >= 0.3 is 0 Å². The molecule has 0 atom stereocenters. The van der Waals surface area contributed by atoms with Crippen molar-refractivity contribution >= 4 is 0 Å². The molecule has 0 bridgehead atoms. The van der Waals surface area contributed by atoms with E-state index >= 15 is 0 Å². The van der Waals surface area contributed by atoms with Crippen LogP contribution < -0.4 is 0 Å². The molecule has 0 aromatic carbocycles. The summed E-state index contributed by atoms with van der Waals surface area (Å²) < 4.78 is 1.63. The van der Waals surface area contributed by atoms with Crippen LogP contribution in [-0.4, -0.2) is 20.1 Å². The predicted molar refractivity (Wildman–Crippen MR) is 45.5 cm³/mol.